The van der Waals surface area contributed by atoms with Gasteiger partial charge in [-0.15, -0.1) is 0 Å². The maximum atomic E-state index is 12.1. The zero-order valence-electron chi connectivity index (χ0n) is 43.6. The summed E-state index contributed by atoms with van der Waals surface area (Å²) in [6, 6.07) is 0. The lowest BCUT2D eigenvalue weighted by Crippen LogP contribution is -2.05. The Morgan fingerprint density at radius 1 is 0.210 bits per heavy atom. The van der Waals surface area contributed by atoms with Crippen molar-refractivity contribution in [2.75, 3.05) is 6.61 Å². The molecule has 0 amide bonds. The molecule has 0 aliphatic heterocycles. The number of rotatable bonds is 57. The van der Waals surface area contributed by atoms with Crippen molar-refractivity contribution in [2.24, 2.45) is 0 Å². The van der Waals surface area contributed by atoms with Crippen LogP contribution in [0.5, 0.6) is 0 Å². The molecule has 0 fully saturated rings. The van der Waals surface area contributed by atoms with Crippen LogP contribution in [0.2, 0.25) is 0 Å². The Hall–Kier alpha value is -0.530. The summed E-state index contributed by atoms with van der Waals surface area (Å²) in [4.78, 5) is 12.1. The van der Waals surface area contributed by atoms with Crippen LogP contribution < -0.4 is 0 Å². The lowest BCUT2D eigenvalue weighted by atomic mass is 10.0. The molecule has 0 radical (unpaired) electrons. The Bertz CT molecular complexity index is 777. The third-order valence-electron chi connectivity index (χ3n) is 14.2. The fourth-order valence-electron chi connectivity index (χ4n) is 9.79. The van der Waals surface area contributed by atoms with Gasteiger partial charge in [0, 0.05) is 6.42 Å². The minimum Gasteiger partial charge on any atom is -0.466 e. The SMILES string of the molecule is CCCCCCCCCCCCCCCCCCCCCCCCCCCCCCCCCCCCCC(=O)OCCCCCCCCCCCCCCCCCCCCCC. The van der Waals surface area contributed by atoms with E-state index in [2.05, 4.69) is 13.8 Å². The van der Waals surface area contributed by atoms with Crippen LogP contribution in [0.3, 0.4) is 0 Å². The Morgan fingerprint density at radius 3 is 0.532 bits per heavy atom. The Morgan fingerprint density at radius 2 is 0.355 bits per heavy atom. The smallest absolute Gasteiger partial charge is 0.305 e. The van der Waals surface area contributed by atoms with Crippen molar-refractivity contribution in [1.82, 2.24) is 0 Å². The van der Waals surface area contributed by atoms with E-state index in [0.717, 1.165) is 12.8 Å². The van der Waals surface area contributed by atoms with E-state index in [0.29, 0.717) is 13.0 Å². The summed E-state index contributed by atoms with van der Waals surface area (Å²) < 4.78 is 5.51. The third kappa shape index (κ3) is 57.5. The molecule has 2 heteroatoms. The number of hydrogen-bond acceptors (Lipinski definition) is 2. The zero-order chi connectivity index (χ0) is 44.6. The maximum absolute atomic E-state index is 12.1. The standard InChI is InChI=1S/C60H120O2/c1-3-5-7-9-11-13-15-17-19-21-23-25-26-27-28-29-30-31-32-33-34-35-36-37-38-39-40-42-44-46-48-50-52-54-56-58-60(61)62-59-57-55-53-51-49-47-45-43-41-24-22-20-18-16-14-12-10-8-6-4-2/h3-59H2,1-2H3. The first kappa shape index (κ1) is 61.5. The first-order valence-corrected chi connectivity index (χ1v) is 30.0. The van der Waals surface area contributed by atoms with E-state index in [1.54, 1.807) is 0 Å². The highest BCUT2D eigenvalue weighted by Crippen LogP contribution is 2.19. The normalized spacial score (nSPS) is 11.6. The topological polar surface area (TPSA) is 26.3 Å². The number of unbranched alkanes of at least 4 members (excludes halogenated alkanes) is 53. The van der Waals surface area contributed by atoms with Gasteiger partial charge < -0.3 is 4.74 Å². The summed E-state index contributed by atoms with van der Waals surface area (Å²) in [7, 11) is 0. The molecule has 0 N–H and O–H groups in total. The molecule has 2 nitrogen and oxygen atoms in total. The number of esters is 1. The van der Waals surface area contributed by atoms with E-state index < -0.39 is 0 Å². The second-order valence-electron chi connectivity index (χ2n) is 20.7. The van der Waals surface area contributed by atoms with E-state index in [1.165, 1.54) is 340 Å². The summed E-state index contributed by atoms with van der Waals surface area (Å²) in [5.41, 5.74) is 0. The molecule has 0 rings (SSSR count). The minimum absolute atomic E-state index is 0.0360. The number of hydrogen-bond donors (Lipinski definition) is 0. The van der Waals surface area contributed by atoms with Crippen LogP contribution in [-0.4, -0.2) is 12.6 Å². The Kier molecular flexibility index (Phi) is 58.0. The number of ether oxygens (including phenoxy) is 1. The van der Waals surface area contributed by atoms with Gasteiger partial charge in [0.15, 0.2) is 0 Å². The van der Waals surface area contributed by atoms with Crippen molar-refractivity contribution < 1.29 is 9.53 Å². The quantitative estimate of drug-likeness (QED) is 0.0450. The van der Waals surface area contributed by atoms with Crippen molar-refractivity contribution >= 4 is 5.97 Å². The molecule has 0 saturated carbocycles. The highest BCUT2D eigenvalue weighted by Gasteiger charge is 2.03. The first-order valence-electron chi connectivity index (χ1n) is 30.0. The average Bonchev–Trinajstić information content (AvgIpc) is 3.28. The monoisotopic (exact) mass is 873 g/mol. The van der Waals surface area contributed by atoms with E-state index in [4.69, 9.17) is 4.74 Å². The van der Waals surface area contributed by atoms with Crippen molar-refractivity contribution in [2.45, 2.75) is 373 Å². The van der Waals surface area contributed by atoms with Gasteiger partial charge in [0.05, 0.1) is 6.61 Å². The first-order chi connectivity index (χ1) is 30.8. The van der Waals surface area contributed by atoms with Gasteiger partial charge in [0.1, 0.15) is 0 Å². The number of carbonyl (C=O) groups excluding carboxylic acids is 1. The van der Waals surface area contributed by atoms with Crippen LogP contribution in [0, 0.1) is 0 Å². The predicted octanol–water partition coefficient (Wildman–Crippen LogP) is 22.4. The van der Waals surface area contributed by atoms with Crippen LogP contribution in [0.25, 0.3) is 0 Å². The van der Waals surface area contributed by atoms with Gasteiger partial charge in [0.2, 0.25) is 0 Å². The maximum Gasteiger partial charge on any atom is 0.305 e. The summed E-state index contributed by atoms with van der Waals surface area (Å²) in [5, 5.41) is 0. The molecular weight excluding hydrogens is 753 g/mol. The van der Waals surface area contributed by atoms with E-state index >= 15 is 0 Å². The number of carbonyl (C=O) groups is 1. The van der Waals surface area contributed by atoms with Crippen LogP contribution in [0.15, 0.2) is 0 Å². The second-order valence-corrected chi connectivity index (χ2v) is 20.7. The lowest BCUT2D eigenvalue weighted by molar-refractivity contribution is -0.143. The van der Waals surface area contributed by atoms with Gasteiger partial charge in [-0.1, -0.05) is 354 Å². The van der Waals surface area contributed by atoms with E-state index in [1.807, 2.05) is 0 Å². The molecule has 0 heterocycles. The Labute approximate surface area is 394 Å². The molecule has 0 aromatic carbocycles. The summed E-state index contributed by atoms with van der Waals surface area (Å²) in [5.74, 6) is 0.0360. The predicted molar refractivity (Wildman–Crippen MR) is 281 cm³/mol. The summed E-state index contributed by atoms with van der Waals surface area (Å²) >= 11 is 0. The van der Waals surface area contributed by atoms with Gasteiger partial charge in [-0.25, -0.2) is 0 Å². The fourth-order valence-corrected chi connectivity index (χ4v) is 9.79. The fraction of sp³-hybridized carbons (Fsp3) is 0.983. The molecule has 0 aliphatic rings. The van der Waals surface area contributed by atoms with Gasteiger partial charge in [-0.2, -0.15) is 0 Å². The van der Waals surface area contributed by atoms with Crippen molar-refractivity contribution in [3.63, 3.8) is 0 Å². The van der Waals surface area contributed by atoms with Crippen molar-refractivity contribution in [3.05, 3.63) is 0 Å². The van der Waals surface area contributed by atoms with Crippen LogP contribution >= 0.6 is 0 Å². The van der Waals surface area contributed by atoms with E-state index in [9.17, 15) is 4.79 Å². The van der Waals surface area contributed by atoms with Gasteiger partial charge in [0.25, 0.3) is 0 Å². The van der Waals surface area contributed by atoms with Crippen LogP contribution in [-0.2, 0) is 9.53 Å². The second kappa shape index (κ2) is 58.5. The zero-order valence-corrected chi connectivity index (χ0v) is 43.6. The molecule has 0 saturated heterocycles. The molecule has 0 atom stereocenters. The molecule has 0 aromatic heterocycles. The molecule has 0 bridgehead atoms. The van der Waals surface area contributed by atoms with Crippen molar-refractivity contribution in [1.29, 1.82) is 0 Å². The molecule has 62 heavy (non-hydrogen) atoms. The Balaban J connectivity index is 3.13. The highest BCUT2D eigenvalue weighted by molar-refractivity contribution is 5.69. The van der Waals surface area contributed by atoms with Gasteiger partial charge in [-0.3, -0.25) is 4.79 Å². The summed E-state index contributed by atoms with van der Waals surface area (Å²) in [6.45, 7) is 5.25. The molecule has 372 valence electrons. The van der Waals surface area contributed by atoms with Gasteiger partial charge in [-0.05, 0) is 12.8 Å². The third-order valence-corrected chi connectivity index (χ3v) is 14.2. The largest absolute Gasteiger partial charge is 0.466 e. The van der Waals surface area contributed by atoms with E-state index in [-0.39, 0.29) is 5.97 Å². The van der Waals surface area contributed by atoms with Crippen molar-refractivity contribution in [3.8, 4) is 0 Å². The van der Waals surface area contributed by atoms with Crippen LogP contribution in [0.4, 0.5) is 0 Å². The average molecular weight is 874 g/mol. The molecule has 0 aromatic rings. The molecule has 0 unspecified atom stereocenters. The molecule has 0 spiro atoms. The lowest BCUT2D eigenvalue weighted by Gasteiger charge is -2.06. The molecule has 0 aliphatic carbocycles. The minimum atomic E-state index is 0.0360. The van der Waals surface area contributed by atoms with Gasteiger partial charge >= 0.3 is 5.97 Å². The molecular formula is C60H120O2. The summed E-state index contributed by atoms with van der Waals surface area (Å²) in [6.07, 6.45) is 78.8. The highest BCUT2D eigenvalue weighted by atomic mass is 16.5. The van der Waals surface area contributed by atoms with Crippen LogP contribution in [0.1, 0.15) is 373 Å².